The summed E-state index contributed by atoms with van der Waals surface area (Å²) in [5, 5.41) is 18.3. The van der Waals surface area contributed by atoms with Crippen LogP contribution in [0.4, 0.5) is 0 Å². The van der Waals surface area contributed by atoms with Crippen molar-refractivity contribution in [2.24, 2.45) is 17.8 Å². The van der Waals surface area contributed by atoms with Crippen LogP contribution in [-0.4, -0.2) is 34.7 Å². The molecule has 4 nitrogen and oxygen atoms in total. The topological polar surface area (TPSA) is 60.1 Å². The summed E-state index contributed by atoms with van der Waals surface area (Å²) in [6.45, 7) is 5.39. The van der Waals surface area contributed by atoms with Crippen molar-refractivity contribution in [2.45, 2.75) is 19.9 Å². The predicted octanol–water partition coefficient (Wildman–Crippen LogP) is 1.19. The summed E-state index contributed by atoms with van der Waals surface area (Å²) in [6.07, 6.45) is 2.70. The minimum absolute atomic E-state index is 0.342. The van der Waals surface area contributed by atoms with E-state index in [-0.39, 0.29) is 0 Å². The number of aliphatic hydroxyl groups excluding tert-OH is 1. The highest BCUT2D eigenvalue weighted by atomic mass is 16.3. The lowest BCUT2D eigenvalue weighted by atomic mass is 10.1. The van der Waals surface area contributed by atoms with Crippen molar-refractivity contribution in [3.63, 3.8) is 0 Å². The Morgan fingerprint density at radius 1 is 1.47 bits per heavy atom. The van der Waals surface area contributed by atoms with Crippen molar-refractivity contribution in [1.82, 2.24) is 9.88 Å². The number of aliphatic hydroxyl groups is 1. The van der Waals surface area contributed by atoms with Crippen LogP contribution in [0.25, 0.3) is 0 Å². The molecule has 1 saturated heterocycles. The van der Waals surface area contributed by atoms with E-state index >= 15 is 0 Å². The molecule has 4 heteroatoms. The second-order valence-corrected chi connectivity index (χ2v) is 5.67. The summed E-state index contributed by atoms with van der Waals surface area (Å²) in [5.74, 6) is 1.94. The first-order valence-corrected chi connectivity index (χ1v) is 6.98. The minimum Gasteiger partial charge on any atom is -0.396 e. The van der Waals surface area contributed by atoms with Crippen LogP contribution in [0, 0.1) is 29.1 Å². The van der Waals surface area contributed by atoms with Crippen LogP contribution >= 0.6 is 0 Å². The maximum atomic E-state index is 9.15. The van der Waals surface area contributed by atoms with Crippen LogP contribution < -0.4 is 0 Å². The molecule has 2 aliphatic rings. The largest absolute Gasteiger partial charge is 0.396 e. The lowest BCUT2D eigenvalue weighted by Crippen LogP contribution is -2.24. The van der Waals surface area contributed by atoms with Gasteiger partial charge in [-0.2, -0.15) is 5.26 Å². The fourth-order valence-electron chi connectivity index (χ4n) is 3.40. The third kappa shape index (κ3) is 2.24. The number of nitriles is 1. The molecule has 1 aromatic rings. The molecule has 0 amide bonds. The molecule has 100 valence electrons. The minimum atomic E-state index is 0.342. The zero-order valence-electron chi connectivity index (χ0n) is 11.2. The summed E-state index contributed by atoms with van der Waals surface area (Å²) in [5.41, 5.74) is 2.71. The van der Waals surface area contributed by atoms with Crippen LogP contribution in [0.2, 0.25) is 0 Å². The first-order chi connectivity index (χ1) is 9.26. The number of rotatable bonds is 4. The first kappa shape index (κ1) is 12.6. The van der Waals surface area contributed by atoms with E-state index in [1.165, 1.54) is 0 Å². The molecule has 1 aromatic heterocycles. The molecule has 3 rings (SSSR count). The van der Waals surface area contributed by atoms with Gasteiger partial charge in [-0.3, -0.25) is 9.88 Å². The smallest absolute Gasteiger partial charge is 0.101 e. The van der Waals surface area contributed by atoms with Crippen molar-refractivity contribution in [3.05, 3.63) is 29.1 Å². The fourth-order valence-corrected chi connectivity index (χ4v) is 3.40. The Hall–Kier alpha value is -1.44. The van der Waals surface area contributed by atoms with E-state index < -0.39 is 0 Å². The second-order valence-electron chi connectivity index (χ2n) is 5.67. The summed E-state index contributed by atoms with van der Waals surface area (Å²) in [6, 6.07) is 4.20. The standard InChI is InChI=1S/C15H19N3O/c1-2-15-11(4-16)3-10(5-17-15)6-18-7-12-13(8-18)14(12)9-19/h3,5,12-14,19H,2,6-9H2,1H3/t12-,13+,14+. The normalized spacial score (nSPS) is 29.0. The average molecular weight is 257 g/mol. The number of hydrogen-bond acceptors (Lipinski definition) is 4. The van der Waals surface area contributed by atoms with Crippen LogP contribution in [0.15, 0.2) is 12.3 Å². The number of aromatic nitrogens is 1. The van der Waals surface area contributed by atoms with Gasteiger partial charge in [0.2, 0.25) is 0 Å². The van der Waals surface area contributed by atoms with Gasteiger partial charge in [0.15, 0.2) is 0 Å². The number of hydrogen-bond donors (Lipinski definition) is 1. The summed E-state index contributed by atoms with van der Waals surface area (Å²) >= 11 is 0. The lowest BCUT2D eigenvalue weighted by Gasteiger charge is -2.19. The fraction of sp³-hybridized carbons (Fsp3) is 0.600. The van der Waals surface area contributed by atoms with Gasteiger partial charge in [-0.25, -0.2) is 0 Å². The average Bonchev–Trinajstić information content (AvgIpc) is 2.92. The number of piperidine rings is 1. The molecule has 1 saturated carbocycles. The molecular formula is C15H19N3O. The molecule has 0 radical (unpaired) electrons. The number of pyridine rings is 1. The van der Waals surface area contributed by atoms with Crippen molar-refractivity contribution < 1.29 is 5.11 Å². The van der Waals surface area contributed by atoms with Crippen molar-refractivity contribution in [1.29, 1.82) is 5.26 Å². The molecule has 2 fully saturated rings. The zero-order chi connectivity index (χ0) is 13.4. The summed E-state index contributed by atoms with van der Waals surface area (Å²) < 4.78 is 0. The van der Waals surface area contributed by atoms with Gasteiger partial charge < -0.3 is 5.11 Å². The molecule has 1 aliphatic carbocycles. The molecular weight excluding hydrogens is 238 g/mol. The first-order valence-electron chi connectivity index (χ1n) is 6.98. The van der Waals surface area contributed by atoms with E-state index in [1.54, 1.807) is 0 Å². The second kappa shape index (κ2) is 4.92. The van der Waals surface area contributed by atoms with E-state index in [0.29, 0.717) is 29.9 Å². The van der Waals surface area contributed by atoms with Crippen LogP contribution in [0.5, 0.6) is 0 Å². The molecule has 1 N–H and O–H groups in total. The van der Waals surface area contributed by atoms with Crippen molar-refractivity contribution in [2.75, 3.05) is 19.7 Å². The molecule has 0 aromatic carbocycles. The third-order valence-corrected chi connectivity index (χ3v) is 4.55. The van der Waals surface area contributed by atoms with E-state index in [9.17, 15) is 0 Å². The Labute approximate surface area is 113 Å². The van der Waals surface area contributed by atoms with Gasteiger partial charge in [-0.15, -0.1) is 0 Å². The molecule has 19 heavy (non-hydrogen) atoms. The van der Waals surface area contributed by atoms with Crippen LogP contribution in [0.3, 0.4) is 0 Å². The molecule has 0 bridgehead atoms. The quantitative estimate of drug-likeness (QED) is 0.880. The van der Waals surface area contributed by atoms with Gasteiger partial charge in [-0.05, 0) is 35.8 Å². The van der Waals surface area contributed by atoms with E-state index in [4.69, 9.17) is 10.4 Å². The highest BCUT2D eigenvalue weighted by Gasteiger charge is 2.54. The predicted molar refractivity (Wildman–Crippen MR) is 71.2 cm³/mol. The monoisotopic (exact) mass is 257 g/mol. The Bertz CT molecular complexity index is 511. The highest BCUT2D eigenvalue weighted by Crippen LogP contribution is 2.51. The number of fused-ring (bicyclic) bond motifs is 1. The van der Waals surface area contributed by atoms with Crippen LogP contribution in [-0.2, 0) is 13.0 Å². The Morgan fingerprint density at radius 3 is 2.79 bits per heavy atom. The molecule has 0 unspecified atom stereocenters. The van der Waals surface area contributed by atoms with Gasteiger partial charge >= 0.3 is 0 Å². The van der Waals surface area contributed by atoms with Crippen LogP contribution in [0.1, 0.15) is 23.7 Å². The van der Waals surface area contributed by atoms with E-state index in [1.807, 2.05) is 19.2 Å². The van der Waals surface area contributed by atoms with Crippen molar-refractivity contribution in [3.8, 4) is 6.07 Å². The third-order valence-electron chi connectivity index (χ3n) is 4.55. The molecule has 3 atom stereocenters. The Morgan fingerprint density at radius 2 is 2.21 bits per heavy atom. The van der Waals surface area contributed by atoms with Gasteiger partial charge in [0.05, 0.1) is 11.3 Å². The van der Waals surface area contributed by atoms with Crippen molar-refractivity contribution >= 4 is 0 Å². The van der Waals surface area contributed by atoms with Gasteiger partial charge in [0.25, 0.3) is 0 Å². The lowest BCUT2D eigenvalue weighted by molar-refractivity contribution is 0.217. The maximum absolute atomic E-state index is 9.15. The van der Waals surface area contributed by atoms with E-state index in [0.717, 1.165) is 37.3 Å². The van der Waals surface area contributed by atoms with E-state index in [2.05, 4.69) is 16.0 Å². The molecule has 0 spiro atoms. The SMILES string of the molecule is CCc1ncc(CN2C[C@@H]3[C@@H](CO)[C@@H]3C2)cc1C#N. The molecule has 2 heterocycles. The van der Waals surface area contributed by atoms with Gasteiger partial charge in [0, 0.05) is 32.4 Å². The Balaban J connectivity index is 1.64. The zero-order valence-corrected chi connectivity index (χ0v) is 11.2. The number of aryl methyl sites for hydroxylation is 1. The number of likely N-dealkylation sites (tertiary alicyclic amines) is 1. The maximum Gasteiger partial charge on any atom is 0.101 e. The Kier molecular flexibility index (Phi) is 3.26. The van der Waals surface area contributed by atoms with Gasteiger partial charge in [-0.1, -0.05) is 6.92 Å². The number of nitrogens with zero attached hydrogens (tertiary/aromatic N) is 3. The summed E-state index contributed by atoms with van der Waals surface area (Å²) in [7, 11) is 0. The highest BCUT2D eigenvalue weighted by molar-refractivity contribution is 5.36. The van der Waals surface area contributed by atoms with Gasteiger partial charge in [0.1, 0.15) is 6.07 Å². The summed E-state index contributed by atoms with van der Waals surface area (Å²) in [4.78, 5) is 6.79. The molecule has 1 aliphatic heterocycles.